The summed E-state index contributed by atoms with van der Waals surface area (Å²) in [6.07, 6.45) is 0. The summed E-state index contributed by atoms with van der Waals surface area (Å²) in [5.74, 6) is -0.770. The molecule has 3 N–H and O–H groups in total. The number of carbonyl (C=O) groups excluding carboxylic acids is 1. The van der Waals surface area contributed by atoms with Gasteiger partial charge in [-0.1, -0.05) is 0 Å². The van der Waals surface area contributed by atoms with E-state index in [9.17, 15) is 14.9 Å². The van der Waals surface area contributed by atoms with E-state index in [4.69, 9.17) is 5.73 Å². The number of benzene rings is 1. The lowest BCUT2D eigenvalue weighted by Gasteiger charge is -2.31. The van der Waals surface area contributed by atoms with E-state index in [1.165, 1.54) is 17.0 Å². The van der Waals surface area contributed by atoms with Gasteiger partial charge in [0.05, 0.1) is 38.2 Å². The molecule has 102 valence electrons. The van der Waals surface area contributed by atoms with Gasteiger partial charge in [-0.15, -0.1) is 0 Å². The molecule has 1 aromatic carbocycles. The van der Waals surface area contributed by atoms with Gasteiger partial charge in [0.1, 0.15) is 5.56 Å². The minimum absolute atomic E-state index is 0.0335. The highest BCUT2D eigenvalue weighted by atomic mass is 16.6. The number of amides is 1. The van der Waals surface area contributed by atoms with Crippen molar-refractivity contribution in [3.8, 4) is 0 Å². The number of likely N-dealkylation sites (N-methyl/N-ethyl adjacent to an activating group) is 1. The van der Waals surface area contributed by atoms with E-state index in [0.717, 1.165) is 31.9 Å². The SMILES string of the molecule is C[NH+]1CCN(c2ccc([N+](=O)[O-])c(C(N)=O)c2)CC1. The maximum absolute atomic E-state index is 11.3. The first-order valence-corrected chi connectivity index (χ1v) is 6.13. The largest absolute Gasteiger partial charge is 0.365 e. The van der Waals surface area contributed by atoms with Gasteiger partial charge < -0.3 is 15.5 Å². The second-order valence-electron chi connectivity index (χ2n) is 4.77. The number of nitro benzene ring substituents is 1. The average molecular weight is 265 g/mol. The van der Waals surface area contributed by atoms with Gasteiger partial charge in [0.15, 0.2) is 0 Å². The van der Waals surface area contributed by atoms with Crippen molar-refractivity contribution in [2.24, 2.45) is 5.73 Å². The number of anilines is 1. The predicted molar refractivity (Wildman–Crippen MR) is 70.4 cm³/mol. The van der Waals surface area contributed by atoms with Gasteiger partial charge in [-0.3, -0.25) is 14.9 Å². The highest BCUT2D eigenvalue weighted by Crippen LogP contribution is 2.24. The van der Waals surface area contributed by atoms with Gasteiger partial charge in [0.25, 0.3) is 11.6 Å². The Morgan fingerprint density at radius 2 is 2.05 bits per heavy atom. The molecule has 1 aliphatic heterocycles. The summed E-state index contributed by atoms with van der Waals surface area (Å²) in [5, 5.41) is 10.8. The van der Waals surface area contributed by atoms with Gasteiger partial charge in [0, 0.05) is 11.8 Å². The van der Waals surface area contributed by atoms with Crippen LogP contribution in [0.5, 0.6) is 0 Å². The number of hydrogen-bond acceptors (Lipinski definition) is 4. The molecule has 7 heteroatoms. The Morgan fingerprint density at radius 3 is 2.58 bits per heavy atom. The molecule has 2 rings (SSSR count). The number of hydrogen-bond donors (Lipinski definition) is 2. The van der Waals surface area contributed by atoms with E-state index >= 15 is 0 Å². The first-order valence-electron chi connectivity index (χ1n) is 6.13. The lowest BCUT2D eigenvalue weighted by molar-refractivity contribution is -0.880. The number of nitrogens with zero attached hydrogens (tertiary/aromatic N) is 2. The first-order chi connectivity index (χ1) is 8.99. The molecule has 19 heavy (non-hydrogen) atoms. The molecule has 0 bridgehead atoms. The smallest absolute Gasteiger partial charge is 0.282 e. The second-order valence-corrected chi connectivity index (χ2v) is 4.77. The van der Waals surface area contributed by atoms with Crippen molar-refractivity contribution < 1.29 is 14.6 Å². The van der Waals surface area contributed by atoms with Crippen molar-refractivity contribution in [2.75, 3.05) is 38.1 Å². The fourth-order valence-corrected chi connectivity index (χ4v) is 2.22. The minimum atomic E-state index is -0.770. The van der Waals surface area contributed by atoms with Crippen molar-refractivity contribution in [1.29, 1.82) is 0 Å². The second kappa shape index (κ2) is 5.23. The number of carbonyl (C=O) groups is 1. The summed E-state index contributed by atoms with van der Waals surface area (Å²) < 4.78 is 0. The molecule has 7 nitrogen and oxygen atoms in total. The fourth-order valence-electron chi connectivity index (χ4n) is 2.22. The lowest BCUT2D eigenvalue weighted by atomic mass is 10.1. The van der Waals surface area contributed by atoms with Crippen LogP contribution >= 0.6 is 0 Å². The number of rotatable bonds is 3. The molecule has 1 aromatic rings. The number of nitrogens with one attached hydrogen (secondary N) is 1. The summed E-state index contributed by atoms with van der Waals surface area (Å²) in [6.45, 7) is 3.73. The maximum atomic E-state index is 11.3. The number of primary amides is 1. The van der Waals surface area contributed by atoms with Crippen LogP contribution in [0.4, 0.5) is 11.4 Å². The quantitative estimate of drug-likeness (QED) is 0.543. The van der Waals surface area contributed by atoms with E-state index in [0.29, 0.717) is 0 Å². The topological polar surface area (TPSA) is 93.9 Å². The molecule has 1 saturated heterocycles. The molecule has 1 amide bonds. The first kappa shape index (κ1) is 13.3. The van der Waals surface area contributed by atoms with E-state index in [1.54, 1.807) is 6.07 Å². The van der Waals surface area contributed by atoms with Crippen LogP contribution in [0.2, 0.25) is 0 Å². The molecule has 0 aromatic heterocycles. The summed E-state index contributed by atoms with van der Waals surface area (Å²) in [4.78, 5) is 25.1. The lowest BCUT2D eigenvalue weighted by Crippen LogP contribution is -3.12. The van der Waals surface area contributed by atoms with Crippen molar-refractivity contribution in [2.45, 2.75) is 0 Å². The van der Waals surface area contributed by atoms with Gasteiger partial charge in [-0.25, -0.2) is 0 Å². The third kappa shape index (κ3) is 2.82. The van der Waals surface area contributed by atoms with E-state index < -0.39 is 10.8 Å². The molecule has 0 atom stereocenters. The van der Waals surface area contributed by atoms with Crippen molar-refractivity contribution in [3.63, 3.8) is 0 Å². The Hall–Kier alpha value is -2.15. The number of nitro groups is 1. The average Bonchev–Trinajstić information content (AvgIpc) is 2.38. The maximum Gasteiger partial charge on any atom is 0.282 e. The summed E-state index contributed by atoms with van der Waals surface area (Å²) >= 11 is 0. The van der Waals surface area contributed by atoms with Crippen molar-refractivity contribution in [1.82, 2.24) is 0 Å². The highest BCUT2D eigenvalue weighted by Gasteiger charge is 2.22. The van der Waals surface area contributed by atoms with E-state index in [2.05, 4.69) is 11.9 Å². The van der Waals surface area contributed by atoms with Gasteiger partial charge in [0.2, 0.25) is 0 Å². The standard InChI is InChI=1S/C12H16N4O3/c1-14-4-6-15(7-5-14)9-2-3-11(16(18)19)10(8-9)12(13)17/h2-3,8H,4-7H2,1H3,(H2,13,17)/p+1. The Bertz CT molecular complexity index is 510. The molecule has 0 saturated carbocycles. The summed E-state index contributed by atoms with van der Waals surface area (Å²) in [6, 6.07) is 4.53. The highest BCUT2D eigenvalue weighted by molar-refractivity contribution is 5.98. The minimum Gasteiger partial charge on any atom is -0.365 e. The van der Waals surface area contributed by atoms with Gasteiger partial charge >= 0.3 is 0 Å². The van der Waals surface area contributed by atoms with Crippen LogP contribution in [-0.4, -0.2) is 44.1 Å². The third-order valence-electron chi connectivity index (χ3n) is 3.42. The zero-order valence-electron chi connectivity index (χ0n) is 10.8. The molecule has 1 aliphatic rings. The Kier molecular flexibility index (Phi) is 3.66. The number of quaternary nitrogens is 1. The Labute approximate surface area is 110 Å². The van der Waals surface area contributed by atoms with Crippen LogP contribution in [0.1, 0.15) is 10.4 Å². The molecule has 0 unspecified atom stereocenters. The molecule has 0 aliphatic carbocycles. The van der Waals surface area contributed by atoms with Gasteiger partial charge in [-0.2, -0.15) is 0 Å². The predicted octanol–water partition coefficient (Wildman–Crippen LogP) is -0.972. The van der Waals surface area contributed by atoms with Crippen LogP contribution in [0.15, 0.2) is 18.2 Å². The van der Waals surface area contributed by atoms with Crippen LogP contribution in [-0.2, 0) is 0 Å². The normalized spacial score (nSPS) is 16.4. The zero-order valence-corrected chi connectivity index (χ0v) is 10.8. The van der Waals surface area contributed by atoms with Crippen LogP contribution in [0.3, 0.4) is 0 Å². The zero-order chi connectivity index (χ0) is 14.0. The monoisotopic (exact) mass is 265 g/mol. The third-order valence-corrected chi connectivity index (χ3v) is 3.42. The Morgan fingerprint density at radius 1 is 1.42 bits per heavy atom. The number of nitrogens with two attached hydrogens (primary N) is 1. The van der Waals surface area contributed by atoms with Crippen molar-refractivity contribution >= 4 is 17.3 Å². The summed E-state index contributed by atoms with van der Waals surface area (Å²) in [5.41, 5.74) is 5.75. The molecule has 0 radical (unpaired) electrons. The summed E-state index contributed by atoms with van der Waals surface area (Å²) in [7, 11) is 2.13. The van der Waals surface area contributed by atoms with Crippen LogP contribution in [0, 0.1) is 10.1 Å². The van der Waals surface area contributed by atoms with Crippen LogP contribution in [0.25, 0.3) is 0 Å². The molecular weight excluding hydrogens is 248 g/mol. The van der Waals surface area contributed by atoms with Gasteiger partial charge in [-0.05, 0) is 12.1 Å². The fraction of sp³-hybridized carbons (Fsp3) is 0.417. The van der Waals surface area contributed by atoms with E-state index in [-0.39, 0.29) is 11.3 Å². The molecule has 1 fully saturated rings. The molecular formula is C12H17N4O3+. The van der Waals surface area contributed by atoms with E-state index in [1.807, 2.05) is 0 Å². The molecule has 0 spiro atoms. The van der Waals surface area contributed by atoms with Crippen molar-refractivity contribution in [3.05, 3.63) is 33.9 Å². The number of piperazine rings is 1. The molecule has 1 heterocycles. The Balaban J connectivity index is 2.30. The van der Waals surface area contributed by atoms with Crippen LogP contribution < -0.4 is 15.5 Å².